The van der Waals surface area contributed by atoms with Crippen molar-refractivity contribution in [1.29, 1.82) is 0 Å². The molecule has 2 heterocycles. The number of fused-ring (bicyclic) bond motifs is 1. The zero-order valence-corrected chi connectivity index (χ0v) is 18.2. The van der Waals surface area contributed by atoms with Gasteiger partial charge in [0.1, 0.15) is 5.82 Å². The Labute approximate surface area is 185 Å². The largest absolute Gasteiger partial charge is 0.383 e. The summed E-state index contributed by atoms with van der Waals surface area (Å²) in [6.45, 7) is 1.63. The van der Waals surface area contributed by atoms with Gasteiger partial charge >= 0.3 is 0 Å². The molecule has 0 spiro atoms. The number of nitrogens with one attached hydrogen (secondary N) is 1. The van der Waals surface area contributed by atoms with Crippen molar-refractivity contribution in [3.63, 3.8) is 0 Å². The van der Waals surface area contributed by atoms with Crippen LogP contribution in [0.1, 0.15) is 28.3 Å². The first-order valence-electron chi connectivity index (χ1n) is 10.3. The summed E-state index contributed by atoms with van der Waals surface area (Å²) in [5.74, 6) is -0.272. The maximum Gasteiger partial charge on any atom is 0.221 e. The highest BCUT2D eigenvalue weighted by atomic mass is 32.1. The molecule has 0 aliphatic carbocycles. The van der Waals surface area contributed by atoms with E-state index in [1.807, 2.05) is 35.7 Å². The van der Waals surface area contributed by atoms with E-state index < -0.39 is 0 Å². The Morgan fingerprint density at radius 3 is 2.68 bits per heavy atom. The molecule has 0 fully saturated rings. The van der Waals surface area contributed by atoms with Crippen LogP contribution in [0, 0.1) is 5.82 Å². The normalized spacial score (nSPS) is 12.2. The zero-order valence-electron chi connectivity index (χ0n) is 17.4. The van der Waals surface area contributed by atoms with Crippen molar-refractivity contribution in [2.75, 3.05) is 20.3 Å². The molecule has 1 unspecified atom stereocenters. The third-order valence-electron chi connectivity index (χ3n) is 5.37. The molecule has 1 N–H and O–H groups in total. The number of hydrogen-bond donors (Lipinski definition) is 1. The summed E-state index contributed by atoms with van der Waals surface area (Å²) in [5.41, 5.74) is 3.25. The molecule has 2 aromatic carbocycles. The smallest absolute Gasteiger partial charge is 0.221 e. The van der Waals surface area contributed by atoms with Gasteiger partial charge in [0.15, 0.2) is 0 Å². The summed E-state index contributed by atoms with van der Waals surface area (Å²) in [5, 5.41) is 6.12. The highest BCUT2D eigenvalue weighted by Gasteiger charge is 2.23. The first kappa shape index (κ1) is 21.3. The minimum Gasteiger partial charge on any atom is -0.383 e. The Morgan fingerprint density at radius 1 is 1.13 bits per heavy atom. The van der Waals surface area contributed by atoms with Gasteiger partial charge in [0.05, 0.1) is 6.61 Å². The van der Waals surface area contributed by atoms with Gasteiger partial charge in [0, 0.05) is 54.5 Å². The quantitative estimate of drug-likeness (QED) is 0.368. The number of para-hydroxylation sites is 1. The number of aromatic nitrogens is 1. The molecule has 0 radical (unpaired) electrons. The molecule has 4 aromatic rings. The maximum atomic E-state index is 13.3. The number of nitrogens with zero attached hydrogens (tertiary/aromatic N) is 1. The first-order chi connectivity index (χ1) is 15.2. The standard InChI is InChI=1S/C25H25FN2O2S/c1-30-13-12-27-25(29)15-21(24-7-4-14-31-24)22-17-28(23-6-3-2-5-20(22)23)16-18-8-10-19(26)11-9-18/h2-11,14,17,21H,12-13,15-16H2,1H3,(H,27,29). The van der Waals surface area contributed by atoms with Gasteiger partial charge in [-0.3, -0.25) is 4.79 Å². The highest BCUT2D eigenvalue weighted by molar-refractivity contribution is 7.10. The predicted molar refractivity (Wildman–Crippen MR) is 123 cm³/mol. The van der Waals surface area contributed by atoms with Crippen LogP contribution in [0.15, 0.2) is 72.2 Å². The number of carbonyl (C=O) groups excluding carboxylic acids is 1. The summed E-state index contributed by atoms with van der Waals surface area (Å²) in [6, 6.07) is 18.9. The Balaban J connectivity index is 1.69. The topological polar surface area (TPSA) is 43.3 Å². The van der Waals surface area contributed by atoms with Crippen LogP contribution in [0.4, 0.5) is 4.39 Å². The molecule has 0 bridgehead atoms. The van der Waals surface area contributed by atoms with Crippen molar-refractivity contribution in [1.82, 2.24) is 9.88 Å². The second-order valence-corrected chi connectivity index (χ2v) is 8.45. The summed E-state index contributed by atoms with van der Waals surface area (Å²) in [7, 11) is 1.62. The van der Waals surface area contributed by atoms with Crippen molar-refractivity contribution in [3.8, 4) is 0 Å². The molecule has 0 saturated carbocycles. The molecule has 31 heavy (non-hydrogen) atoms. The van der Waals surface area contributed by atoms with E-state index in [1.165, 1.54) is 12.1 Å². The second kappa shape index (κ2) is 9.90. The van der Waals surface area contributed by atoms with E-state index in [2.05, 4.69) is 34.3 Å². The van der Waals surface area contributed by atoms with E-state index in [0.29, 0.717) is 26.1 Å². The van der Waals surface area contributed by atoms with Crippen LogP contribution in [0.3, 0.4) is 0 Å². The van der Waals surface area contributed by atoms with Crippen LogP contribution in [0.5, 0.6) is 0 Å². The van der Waals surface area contributed by atoms with Gasteiger partial charge < -0.3 is 14.6 Å². The number of halogens is 1. The fourth-order valence-electron chi connectivity index (χ4n) is 3.87. The molecule has 2 aromatic heterocycles. The fourth-order valence-corrected chi connectivity index (χ4v) is 4.72. The Bertz CT molecular complexity index is 1140. The van der Waals surface area contributed by atoms with Gasteiger partial charge in [-0.1, -0.05) is 36.4 Å². The summed E-state index contributed by atoms with van der Waals surface area (Å²) in [6.07, 6.45) is 2.51. The number of ether oxygens (including phenoxy) is 1. The SMILES string of the molecule is COCCNC(=O)CC(c1cccs1)c1cn(Cc2ccc(F)cc2)c2ccccc12. The molecule has 0 aliphatic rings. The van der Waals surface area contributed by atoms with Crippen LogP contribution in [-0.4, -0.2) is 30.7 Å². The summed E-state index contributed by atoms with van der Waals surface area (Å²) < 4.78 is 20.5. The Kier molecular flexibility index (Phi) is 6.79. The van der Waals surface area contributed by atoms with Crippen LogP contribution in [-0.2, 0) is 16.1 Å². The van der Waals surface area contributed by atoms with Crippen LogP contribution < -0.4 is 5.32 Å². The van der Waals surface area contributed by atoms with Gasteiger partial charge in [0.25, 0.3) is 0 Å². The molecule has 4 rings (SSSR count). The van der Waals surface area contributed by atoms with Crippen LogP contribution in [0.25, 0.3) is 10.9 Å². The average Bonchev–Trinajstić information content (AvgIpc) is 3.43. The first-order valence-corrected chi connectivity index (χ1v) is 11.1. The van der Waals surface area contributed by atoms with E-state index in [4.69, 9.17) is 4.74 Å². The molecule has 0 saturated heterocycles. The van der Waals surface area contributed by atoms with E-state index in [-0.39, 0.29) is 17.6 Å². The Hall–Kier alpha value is -2.96. The van der Waals surface area contributed by atoms with Crippen molar-refractivity contribution >= 4 is 28.1 Å². The molecule has 0 aliphatic heterocycles. The molecule has 6 heteroatoms. The van der Waals surface area contributed by atoms with E-state index in [0.717, 1.165) is 26.9 Å². The number of rotatable bonds is 9. The third-order valence-corrected chi connectivity index (χ3v) is 6.35. The minimum atomic E-state index is -0.237. The number of hydrogen-bond acceptors (Lipinski definition) is 3. The van der Waals surface area contributed by atoms with Crippen molar-refractivity contribution < 1.29 is 13.9 Å². The third kappa shape index (κ3) is 5.03. The number of carbonyl (C=O) groups is 1. The predicted octanol–water partition coefficient (Wildman–Crippen LogP) is 5.17. The average molecular weight is 437 g/mol. The fraction of sp³-hybridized carbons (Fsp3) is 0.240. The van der Waals surface area contributed by atoms with E-state index >= 15 is 0 Å². The molecule has 1 atom stereocenters. The van der Waals surface area contributed by atoms with E-state index in [9.17, 15) is 9.18 Å². The molecular weight excluding hydrogens is 411 g/mol. The lowest BCUT2D eigenvalue weighted by molar-refractivity contribution is -0.121. The lowest BCUT2D eigenvalue weighted by Crippen LogP contribution is -2.28. The minimum absolute atomic E-state index is 0.00538. The van der Waals surface area contributed by atoms with Gasteiger partial charge in [-0.25, -0.2) is 4.39 Å². The number of thiophene rings is 1. The van der Waals surface area contributed by atoms with E-state index in [1.54, 1.807) is 18.4 Å². The lowest BCUT2D eigenvalue weighted by atomic mass is 9.93. The summed E-state index contributed by atoms with van der Waals surface area (Å²) in [4.78, 5) is 13.8. The number of methoxy groups -OCH3 is 1. The Morgan fingerprint density at radius 2 is 1.94 bits per heavy atom. The zero-order chi connectivity index (χ0) is 21.6. The molecule has 1 amide bonds. The van der Waals surface area contributed by atoms with Crippen molar-refractivity contribution in [3.05, 3.63) is 94.1 Å². The van der Waals surface area contributed by atoms with Crippen LogP contribution in [0.2, 0.25) is 0 Å². The molecule has 4 nitrogen and oxygen atoms in total. The maximum absolute atomic E-state index is 13.3. The van der Waals surface area contributed by atoms with Gasteiger partial charge in [-0.05, 0) is 40.8 Å². The van der Waals surface area contributed by atoms with Gasteiger partial charge in [-0.15, -0.1) is 11.3 Å². The highest BCUT2D eigenvalue weighted by Crippen LogP contribution is 2.37. The second-order valence-electron chi connectivity index (χ2n) is 7.47. The summed E-state index contributed by atoms with van der Waals surface area (Å²) >= 11 is 1.66. The van der Waals surface area contributed by atoms with Crippen molar-refractivity contribution in [2.45, 2.75) is 18.9 Å². The number of benzene rings is 2. The van der Waals surface area contributed by atoms with Gasteiger partial charge in [-0.2, -0.15) is 0 Å². The lowest BCUT2D eigenvalue weighted by Gasteiger charge is -2.15. The monoisotopic (exact) mass is 436 g/mol. The molecular formula is C25H25FN2O2S. The van der Waals surface area contributed by atoms with Gasteiger partial charge in [0.2, 0.25) is 5.91 Å². The number of amides is 1. The van der Waals surface area contributed by atoms with Crippen molar-refractivity contribution in [2.24, 2.45) is 0 Å². The van der Waals surface area contributed by atoms with Crippen LogP contribution >= 0.6 is 11.3 Å². The molecule has 160 valence electrons.